The lowest BCUT2D eigenvalue weighted by atomic mass is 10.2. The maximum atomic E-state index is 13.3. The van der Waals surface area contributed by atoms with Crippen LogP contribution in [0.2, 0.25) is 5.02 Å². The molecular formula is C15H10ClF2NO3. The number of ether oxygens (including phenoxy) is 1. The van der Waals surface area contributed by atoms with E-state index in [1.54, 1.807) is 0 Å². The summed E-state index contributed by atoms with van der Waals surface area (Å²) in [6.45, 7) is -0.653. The number of nitrogens with one attached hydrogen (secondary N) is 1. The Morgan fingerprint density at radius 3 is 2.59 bits per heavy atom. The number of hydrogen-bond acceptors (Lipinski definition) is 3. The number of halogens is 3. The molecule has 22 heavy (non-hydrogen) atoms. The van der Waals surface area contributed by atoms with E-state index in [1.807, 2.05) is 0 Å². The molecule has 0 atom stereocenters. The van der Waals surface area contributed by atoms with Crippen molar-refractivity contribution in [1.82, 2.24) is 0 Å². The molecule has 0 aromatic heterocycles. The van der Waals surface area contributed by atoms with Gasteiger partial charge in [-0.25, -0.2) is 13.6 Å². The summed E-state index contributed by atoms with van der Waals surface area (Å²) in [6.07, 6.45) is 0. The van der Waals surface area contributed by atoms with E-state index < -0.39 is 30.1 Å². The predicted molar refractivity (Wildman–Crippen MR) is 76.7 cm³/mol. The second kappa shape index (κ2) is 7.00. The number of hydrogen-bond donors (Lipinski definition) is 1. The minimum absolute atomic E-state index is 0.0496. The average Bonchev–Trinajstić information content (AvgIpc) is 2.49. The second-order valence-corrected chi connectivity index (χ2v) is 4.64. The molecule has 7 heteroatoms. The van der Waals surface area contributed by atoms with E-state index >= 15 is 0 Å². The summed E-state index contributed by atoms with van der Waals surface area (Å²) in [4.78, 5) is 23.2. The molecule has 0 unspecified atom stereocenters. The first kappa shape index (κ1) is 15.9. The highest BCUT2D eigenvalue weighted by Gasteiger charge is 2.14. The fourth-order valence-corrected chi connectivity index (χ4v) is 1.78. The van der Waals surface area contributed by atoms with E-state index in [0.29, 0.717) is 0 Å². The van der Waals surface area contributed by atoms with Gasteiger partial charge < -0.3 is 10.1 Å². The molecule has 0 fully saturated rings. The molecule has 2 aromatic carbocycles. The van der Waals surface area contributed by atoms with Crippen molar-refractivity contribution in [3.8, 4) is 0 Å². The van der Waals surface area contributed by atoms with Crippen molar-refractivity contribution in [3.05, 3.63) is 64.7 Å². The summed E-state index contributed by atoms with van der Waals surface area (Å²) in [5.41, 5.74) is -0.229. The zero-order valence-electron chi connectivity index (χ0n) is 11.1. The van der Waals surface area contributed by atoms with E-state index in [9.17, 15) is 18.4 Å². The van der Waals surface area contributed by atoms with Crippen LogP contribution < -0.4 is 5.32 Å². The van der Waals surface area contributed by atoms with Gasteiger partial charge in [-0.3, -0.25) is 4.79 Å². The Hall–Kier alpha value is -2.47. The largest absolute Gasteiger partial charge is 0.452 e. The number of carbonyl (C=O) groups is 2. The summed E-state index contributed by atoms with van der Waals surface area (Å²) in [5, 5.41) is 2.43. The monoisotopic (exact) mass is 325 g/mol. The lowest BCUT2D eigenvalue weighted by molar-refractivity contribution is -0.119. The van der Waals surface area contributed by atoms with Crippen molar-refractivity contribution in [2.24, 2.45) is 0 Å². The molecule has 0 spiro atoms. The molecule has 114 valence electrons. The van der Waals surface area contributed by atoms with Gasteiger partial charge in [0, 0.05) is 0 Å². The number of rotatable bonds is 4. The third kappa shape index (κ3) is 4.02. The van der Waals surface area contributed by atoms with Gasteiger partial charge in [-0.2, -0.15) is 0 Å². The molecule has 0 aliphatic carbocycles. The zero-order chi connectivity index (χ0) is 16.1. The number of benzene rings is 2. The highest BCUT2D eigenvalue weighted by molar-refractivity contribution is 6.33. The lowest BCUT2D eigenvalue weighted by Gasteiger charge is -2.08. The summed E-state index contributed by atoms with van der Waals surface area (Å²) in [6, 6.07) is 8.66. The highest BCUT2D eigenvalue weighted by Crippen LogP contribution is 2.22. The Kier molecular flexibility index (Phi) is 5.06. The highest BCUT2D eigenvalue weighted by atomic mass is 35.5. The van der Waals surface area contributed by atoms with E-state index in [1.165, 1.54) is 24.3 Å². The summed E-state index contributed by atoms with van der Waals surface area (Å²) >= 11 is 5.78. The first-order valence-corrected chi connectivity index (χ1v) is 6.51. The topological polar surface area (TPSA) is 55.4 Å². The Balaban J connectivity index is 1.94. The molecular weight excluding hydrogens is 316 g/mol. The Morgan fingerprint density at radius 1 is 1.14 bits per heavy atom. The van der Waals surface area contributed by atoms with Crippen molar-refractivity contribution < 1.29 is 23.1 Å². The molecule has 2 rings (SSSR count). The van der Waals surface area contributed by atoms with Crippen LogP contribution in [-0.4, -0.2) is 18.5 Å². The molecule has 0 saturated heterocycles. The first-order chi connectivity index (χ1) is 10.5. The van der Waals surface area contributed by atoms with Gasteiger partial charge >= 0.3 is 5.97 Å². The number of esters is 1. The minimum Gasteiger partial charge on any atom is -0.452 e. The molecule has 0 aliphatic rings. The van der Waals surface area contributed by atoms with Crippen LogP contribution in [0.3, 0.4) is 0 Å². The smallest absolute Gasteiger partial charge is 0.341 e. The Morgan fingerprint density at radius 2 is 1.86 bits per heavy atom. The molecule has 0 heterocycles. The fourth-order valence-electron chi connectivity index (χ4n) is 1.62. The van der Waals surface area contributed by atoms with Crippen LogP contribution in [0.1, 0.15) is 10.4 Å². The van der Waals surface area contributed by atoms with Crippen LogP contribution in [-0.2, 0) is 9.53 Å². The van der Waals surface area contributed by atoms with Crippen molar-refractivity contribution >= 4 is 29.2 Å². The molecule has 1 amide bonds. The Bertz CT molecular complexity index is 722. The quantitative estimate of drug-likeness (QED) is 0.876. The van der Waals surface area contributed by atoms with Gasteiger partial charge in [0.05, 0.1) is 16.3 Å². The van der Waals surface area contributed by atoms with E-state index in [2.05, 4.69) is 10.1 Å². The van der Waals surface area contributed by atoms with Gasteiger partial charge in [-0.15, -0.1) is 0 Å². The zero-order valence-corrected chi connectivity index (χ0v) is 11.9. The van der Waals surface area contributed by atoms with Gasteiger partial charge in [0.2, 0.25) is 0 Å². The predicted octanol–water partition coefficient (Wildman–Crippen LogP) is 3.41. The summed E-state index contributed by atoms with van der Waals surface area (Å²) < 4.78 is 31.1. The van der Waals surface area contributed by atoms with Gasteiger partial charge in [-0.1, -0.05) is 23.7 Å². The van der Waals surface area contributed by atoms with E-state index in [-0.39, 0.29) is 16.3 Å². The van der Waals surface area contributed by atoms with Gasteiger partial charge in [-0.05, 0) is 30.3 Å². The molecule has 0 radical (unpaired) electrons. The maximum absolute atomic E-state index is 13.3. The van der Waals surface area contributed by atoms with Crippen LogP contribution in [0.5, 0.6) is 0 Å². The van der Waals surface area contributed by atoms with Crippen molar-refractivity contribution in [3.63, 3.8) is 0 Å². The lowest BCUT2D eigenvalue weighted by Crippen LogP contribution is -2.21. The number of amides is 1. The van der Waals surface area contributed by atoms with Crippen molar-refractivity contribution in [1.29, 1.82) is 0 Å². The Labute approximate surface area is 129 Å². The van der Waals surface area contributed by atoms with Crippen LogP contribution in [0, 0.1) is 11.6 Å². The van der Waals surface area contributed by atoms with Crippen LogP contribution in [0.25, 0.3) is 0 Å². The van der Waals surface area contributed by atoms with E-state index in [0.717, 1.165) is 18.2 Å². The standard InChI is InChI=1S/C15H10ClF2NO3/c16-11-6-5-9(17)7-13(11)19-14(20)8-22-15(21)10-3-1-2-4-12(10)18/h1-7H,8H2,(H,19,20). The summed E-state index contributed by atoms with van der Waals surface area (Å²) in [5.74, 6) is -3.03. The molecule has 4 nitrogen and oxygen atoms in total. The maximum Gasteiger partial charge on any atom is 0.341 e. The number of anilines is 1. The van der Waals surface area contributed by atoms with Crippen LogP contribution in [0.15, 0.2) is 42.5 Å². The SMILES string of the molecule is O=C(COC(=O)c1ccccc1F)Nc1cc(F)ccc1Cl. The van der Waals surface area contributed by atoms with Gasteiger partial charge in [0.1, 0.15) is 11.6 Å². The van der Waals surface area contributed by atoms with Gasteiger partial charge in [0.25, 0.3) is 5.91 Å². The minimum atomic E-state index is -0.974. The van der Waals surface area contributed by atoms with Crippen LogP contribution >= 0.6 is 11.6 Å². The second-order valence-electron chi connectivity index (χ2n) is 4.23. The summed E-state index contributed by atoms with van der Waals surface area (Å²) in [7, 11) is 0. The number of carbonyl (C=O) groups excluding carboxylic acids is 2. The van der Waals surface area contributed by atoms with Crippen molar-refractivity contribution in [2.45, 2.75) is 0 Å². The molecule has 0 aliphatic heterocycles. The molecule has 2 aromatic rings. The van der Waals surface area contributed by atoms with Gasteiger partial charge in [0.15, 0.2) is 6.61 Å². The average molecular weight is 326 g/mol. The third-order valence-electron chi connectivity index (χ3n) is 2.63. The van der Waals surface area contributed by atoms with Crippen molar-refractivity contribution in [2.75, 3.05) is 11.9 Å². The third-order valence-corrected chi connectivity index (χ3v) is 2.96. The molecule has 0 bridgehead atoms. The molecule has 1 N–H and O–H groups in total. The normalized spacial score (nSPS) is 10.1. The first-order valence-electron chi connectivity index (χ1n) is 6.14. The fraction of sp³-hybridized carbons (Fsp3) is 0.0667. The molecule has 0 saturated carbocycles. The van der Waals surface area contributed by atoms with E-state index in [4.69, 9.17) is 11.6 Å². The van der Waals surface area contributed by atoms with Crippen LogP contribution in [0.4, 0.5) is 14.5 Å².